The molecule has 1 aromatic carbocycles. The number of ether oxygens (including phenoxy) is 1. The van der Waals surface area contributed by atoms with E-state index in [2.05, 4.69) is 12.2 Å². The third-order valence-corrected chi connectivity index (χ3v) is 2.90. The first-order valence-corrected chi connectivity index (χ1v) is 5.70. The lowest BCUT2D eigenvalue weighted by Gasteiger charge is -2.17. The molecule has 1 atom stereocenters. The van der Waals surface area contributed by atoms with Crippen LogP contribution in [0.4, 0.5) is 0 Å². The summed E-state index contributed by atoms with van der Waals surface area (Å²) in [7, 11) is 0. The molecule has 0 amide bonds. The Kier molecular flexibility index (Phi) is 3.51. The van der Waals surface area contributed by atoms with E-state index < -0.39 is 0 Å². The Hall–Kier alpha value is -1.15. The second kappa shape index (κ2) is 5.08. The van der Waals surface area contributed by atoms with Gasteiger partial charge in [0.1, 0.15) is 5.75 Å². The number of allylic oxidation sites excluding steroid dienone is 1. The summed E-state index contributed by atoms with van der Waals surface area (Å²) in [6.45, 7) is 0. The minimum Gasteiger partial charge on any atom is -0.450 e. The van der Waals surface area contributed by atoms with Crippen LogP contribution in [-0.2, 0) is 0 Å². The SMILES string of the molecule is S=C(Oc1ccccc1)C1C=CCCC1. The van der Waals surface area contributed by atoms with E-state index >= 15 is 0 Å². The summed E-state index contributed by atoms with van der Waals surface area (Å²) in [4.78, 5) is 0. The maximum Gasteiger partial charge on any atom is 0.174 e. The summed E-state index contributed by atoms with van der Waals surface area (Å²) >= 11 is 5.28. The summed E-state index contributed by atoms with van der Waals surface area (Å²) in [6.07, 6.45) is 7.84. The fourth-order valence-corrected chi connectivity index (χ4v) is 1.98. The zero-order valence-corrected chi connectivity index (χ0v) is 9.37. The van der Waals surface area contributed by atoms with Crippen LogP contribution >= 0.6 is 12.2 Å². The lowest BCUT2D eigenvalue weighted by molar-refractivity contribution is 0.504. The highest BCUT2D eigenvalue weighted by atomic mass is 32.1. The first-order chi connectivity index (χ1) is 7.36. The lowest BCUT2D eigenvalue weighted by atomic mass is 9.97. The first kappa shape index (κ1) is 10.4. The molecular weight excluding hydrogens is 204 g/mol. The van der Waals surface area contributed by atoms with Gasteiger partial charge >= 0.3 is 0 Å². The third kappa shape index (κ3) is 2.90. The monoisotopic (exact) mass is 218 g/mol. The second-order valence-corrected chi connectivity index (χ2v) is 4.10. The van der Waals surface area contributed by atoms with Gasteiger partial charge < -0.3 is 4.74 Å². The number of benzene rings is 1. The van der Waals surface area contributed by atoms with Crippen molar-refractivity contribution >= 4 is 17.3 Å². The Bertz CT molecular complexity index is 356. The zero-order chi connectivity index (χ0) is 10.5. The standard InChI is InChI=1S/C13H14OS/c15-13(11-7-3-1-4-8-11)14-12-9-5-2-6-10-12/h2-3,5-7,9-11H,1,4,8H2. The van der Waals surface area contributed by atoms with Gasteiger partial charge in [-0.25, -0.2) is 0 Å². The van der Waals surface area contributed by atoms with Crippen molar-refractivity contribution in [1.82, 2.24) is 0 Å². The van der Waals surface area contributed by atoms with E-state index in [1.165, 1.54) is 12.8 Å². The van der Waals surface area contributed by atoms with Crippen molar-refractivity contribution in [3.8, 4) is 5.75 Å². The molecule has 1 nitrogen and oxygen atoms in total. The van der Waals surface area contributed by atoms with Crippen molar-refractivity contribution in [3.05, 3.63) is 42.5 Å². The Balaban J connectivity index is 1.97. The van der Waals surface area contributed by atoms with Crippen LogP contribution in [-0.4, -0.2) is 5.05 Å². The van der Waals surface area contributed by atoms with E-state index in [1.54, 1.807) is 0 Å². The maximum atomic E-state index is 5.63. The molecule has 1 aliphatic rings. The van der Waals surface area contributed by atoms with Gasteiger partial charge in [0.25, 0.3) is 0 Å². The molecule has 15 heavy (non-hydrogen) atoms. The molecule has 2 rings (SSSR count). The summed E-state index contributed by atoms with van der Waals surface area (Å²) in [5.41, 5.74) is 0. The van der Waals surface area contributed by atoms with Gasteiger partial charge in [0.2, 0.25) is 0 Å². The van der Waals surface area contributed by atoms with E-state index in [0.29, 0.717) is 11.0 Å². The molecule has 0 N–H and O–H groups in total. The average Bonchev–Trinajstić information content (AvgIpc) is 2.31. The molecule has 0 bridgehead atoms. The van der Waals surface area contributed by atoms with E-state index in [0.717, 1.165) is 12.2 Å². The van der Waals surface area contributed by atoms with Crippen LogP contribution in [0.2, 0.25) is 0 Å². The molecule has 0 saturated heterocycles. The maximum absolute atomic E-state index is 5.63. The Labute approximate surface area is 95.8 Å². The van der Waals surface area contributed by atoms with Crippen molar-refractivity contribution in [2.24, 2.45) is 5.92 Å². The number of thiocarbonyl (C=S) groups is 1. The molecule has 78 valence electrons. The molecule has 0 aliphatic heterocycles. The van der Waals surface area contributed by atoms with Crippen molar-refractivity contribution < 1.29 is 4.74 Å². The van der Waals surface area contributed by atoms with Crippen molar-refractivity contribution in [3.63, 3.8) is 0 Å². The van der Waals surface area contributed by atoms with Gasteiger partial charge in [-0.3, -0.25) is 0 Å². The van der Waals surface area contributed by atoms with Crippen molar-refractivity contribution in [2.75, 3.05) is 0 Å². The molecule has 0 radical (unpaired) electrons. The van der Waals surface area contributed by atoms with Crippen LogP contribution in [0.25, 0.3) is 0 Å². The highest BCUT2D eigenvalue weighted by Crippen LogP contribution is 2.21. The predicted octanol–water partition coefficient (Wildman–Crippen LogP) is 3.75. The van der Waals surface area contributed by atoms with Crippen LogP contribution in [0, 0.1) is 5.92 Å². The molecule has 1 unspecified atom stereocenters. The van der Waals surface area contributed by atoms with E-state index in [1.807, 2.05) is 30.3 Å². The van der Waals surface area contributed by atoms with Crippen LogP contribution in [0.5, 0.6) is 5.75 Å². The largest absolute Gasteiger partial charge is 0.450 e. The third-order valence-electron chi connectivity index (χ3n) is 2.52. The van der Waals surface area contributed by atoms with Crippen LogP contribution in [0.3, 0.4) is 0 Å². The molecule has 0 fully saturated rings. The Morgan fingerprint density at radius 2 is 2.07 bits per heavy atom. The van der Waals surface area contributed by atoms with Gasteiger partial charge in [-0.2, -0.15) is 0 Å². The number of hydrogen-bond donors (Lipinski definition) is 0. The lowest BCUT2D eigenvalue weighted by Crippen LogP contribution is -2.18. The fourth-order valence-electron chi connectivity index (χ4n) is 1.69. The van der Waals surface area contributed by atoms with E-state index in [-0.39, 0.29) is 0 Å². The van der Waals surface area contributed by atoms with E-state index in [4.69, 9.17) is 17.0 Å². The summed E-state index contributed by atoms with van der Waals surface area (Å²) in [5, 5.41) is 0.692. The summed E-state index contributed by atoms with van der Waals surface area (Å²) in [6, 6.07) is 9.73. The highest BCUT2D eigenvalue weighted by Gasteiger charge is 2.15. The fraction of sp³-hybridized carbons (Fsp3) is 0.308. The smallest absolute Gasteiger partial charge is 0.174 e. The average molecular weight is 218 g/mol. The van der Waals surface area contributed by atoms with Gasteiger partial charge in [-0.15, -0.1) is 0 Å². The van der Waals surface area contributed by atoms with Gasteiger partial charge in [-0.05, 0) is 43.6 Å². The number of para-hydroxylation sites is 1. The predicted molar refractivity (Wildman–Crippen MR) is 66.1 cm³/mol. The van der Waals surface area contributed by atoms with Crippen LogP contribution in [0.15, 0.2) is 42.5 Å². The molecule has 0 spiro atoms. The Morgan fingerprint density at radius 3 is 2.73 bits per heavy atom. The molecule has 0 aromatic heterocycles. The molecular formula is C13H14OS. The van der Waals surface area contributed by atoms with Crippen molar-refractivity contribution in [1.29, 1.82) is 0 Å². The quantitative estimate of drug-likeness (QED) is 0.552. The summed E-state index contributed by atoms with van der Waals surface area (Å²) in [5.74, 6) is 1.15. The minimum absolute atomic E-state index is 0.314. The zero-order valence-electron chi connectivity index (χ0n) is 8.56. The number of hydrogen-bond acceptors (Lipinski definition) is 2. The minimum atomic E-state index is 0.314. The van der Waals surface area contributed by atoms with Crippen LogP contribution in [0.1, 0.15) is 19.3 Å². The normalized spacial score (nSPS) is 19.9. The molecule has 2 heteroatoms. The van der Waals surface area contributed by atoms with Crippen molar-refractivity contribution in [2.45, 2.75) is 19.3 Å². The second-order valence-electron chi connectivity index (χ2n) is 3.70. The van der Waals surface area contributed by atoms with Crippen LogP contribution < -0.4 is 4.74 Å². The van der Waals surface area contributed by atoms with Gasteiger partial charge in [-0.1, -0.05) is 30.4 Å². The summed E-state index contributed by atoms with van der Waals surface area (Å²) < 4.78 is 5.63. The van der Waals surface area contributed by atoms with E-state index in [9.17, 15) is 0 Å². The van der Waals surface area contributed by atoms with Gasteiger partial charge in [0.15, 0.2) is 5.05 Å². The molecule has 0 saturated carbocycles. The first-order valence-electron chi connectivity index (χ1n) is 5.29. The highest BCUT2D eigenvalue weighted by molar-refractivity contribution is 7.80. The molecule has 1 aliphatic carbocycles. The number of rotatable bonds is 2. The topological polar surface area (TPSA) is 9.23 Å². The molecule has 1 aromatic rings. The molecule has 0 heterocycles. The van der Waals surface area contributed by atoms with Gasteiger partial charge in [0, 0.05) is 5.92 Å². The van der Waals surface area contributed by atoms with Gasteiger partial charge in [0.05, 0.1) is 0 Å². The Morgan fingerprint density at radius 1 is 1.27 bits per heavy atom.